The summed E-state index contributed by atoms with van der Waals surface area (Å²) in [4.78, 5) is 2.73. The summed E-state index contributed by atoms with van der Waals surface area (Å²) >= 11 is 17.7. The first-order chi connectivity index (χ1) is 8.02. The number of nitrogens with one attached hydrogen (secondary N) is 1. The highest BCUT2D eigenvalue weighted by Gasteiger charge is 2.17. The van der Waals surface area contributed by atoms with Crippen molar-refractivity contribution in [1.29, 1.82) is 0 Å². The first kappa shape index (κ1) is 12.5. The Morgan fingerprint density at radius 2 is 1.76 bits per heavy atom. The molecule has 0 bridgehead atoms. The highest BCUT2D eigenvalue weighted by molar-refractivity contribution is 6.43. The number of rotatable bonds is 2. The topological polar surface area (TPSA) is 59.5 Å². The summed E-state index contributed by atoms with van der Waals surface area (Å²) in [6.07, 6.45) is 1.56. The third kappa shape index (κ3) is 2.22. The Hall–Kier alpha value is -0.910. The van der Waals surface area contributed by atoms with Crippen LogP contribution in [0, 0.1) is 0 Å². The average Bonchev–Trinajstić information content (AvgIpc) is 2.59. The zero-order valence-corrected chi connectivity index (χ0v) is 10.6. The number of H-pyrrole nitrogens is 1. The van der Waals surface area contributed by atoms with Gasteiger partial charge in [0, 0.05) is 17.3 Å². The van der Waals surface area contributed by atoms with Gasteiger partial charge < -0.3 is 4.98 Å². The molecule has 0 aliphatic heterocycles. The fourth-order valence-corrected chi connectivity index (χ4v) is 2.13. The standard InChI is InChI=1S/C10H7Cl3N2O2/c11-7-3-1-2-5(9(7)15(16)17)6-4-14-10(13)8(6)12/h1-4,14,16-17H. The molecule has 0 aliphatic carbocycles. The van der Waals surface area contributed by atoms with Crippen molar-refractivity contribution in [2.24, 2.45) is 0 Å². The minimum atomic E-state index is -0.0467. The molecule has 0 saturated heterocycles. The lowest BCUT2D eigenvalue weighted by molar-refractivity contribution is 0.0295. The lowest BCUT2D eigenvalue weighted by Gasteiger charge is -2.14. The lowest BCUT2D eigenvalue weighted by Crippen LogP contribution is -2.12. The monoisotopic (exact) mass is 292 g/mol. The van der Waals surface area contributed by atoms with Crippen molar-refractivity contribution in [2.45, 2.75) is 0 Å². The Morgan fingerprint density at radius 3 is 2.29 bits per heavy atom. The maximum atomic E-state index is 9.16. The summed E-state index contributed by atoms with van der Waals surface area (Å²) in [5, 5.41) is 19.0. The molecule has 1 heterocycles. The van der Waals surface area contributed by atoms with Crippen molar-refractivity contribution >= 4 is 40.5 Å². The highest BCUT2D eigenvalue weighted by atomic mass is 35.5. The van der Waals surface area contributed by atoms with E-state index in [9.17, 15) is 0 Å². The molecular weight excluding hydrogens is 286 g/mol. The van der Waals surface area contributed by atoms with Crippen molar-refractivity contribution < 1.29 is 10.4 Å². The molecule has 0 atom stereocenters. The van der Waals surface area contributed by atoms with Crippen LogP contribution in [-0.2, 0) is 0 Å². The molecule has 3 N–H and O–H groups in total. The number of aromatic amines is 1. The predicted octanol–water partition coefficient (Wildman–Crippen LogP) is 4.23. The van der Waals surface area contributed by atoms with Gasteiger partial charge in [0.2, 0.25) is 0 Å². The van der Waals surface area contributed by atoms with Crippen LogP contribution in [0.5, 0.6) is 0 Å². The molecule has 90 valence electrons. The van der Waals surface area contributed by atoms with Crippen molar-refractivity contribution in [2.75, 3.05) is 5.23 Å². The SMILES string of the molecule is ON(O)c1c(Cl)cccc1-c1c[nH]c(Cl)c1Cl. The Morgan fingerprint density at radius 1 is 1.06 bits per heavy atom. The first-order valence-corrected chi connectivity index (χ1v) is 5.65. The molecule has 7 heteroatoms. The predicted molar refractivity (Wildman–Crippen MR) is 67.3 cm³/mol. The average molecular weight is 294 g/mol. The zero-order chi connectivity index (χ0) is 12.6. The minimum absolute atomic E-state index is 0.0340. The lowest BCUT2D eigenvalue weighted by atomic mass is 10.1. The van der Waals surface area contributed by atoms with Gasteiger partial charge >= 0.3 is 0 Å². The number of para-hydroxylation sites is 1. The van der Waals surface area contributed by atoms with Crippen LogP contribution in [0.1, 0.15) is 0 Å². The van der Waals surface area contributed by atoms with E-state index >= 15 is 0 Å². The summed E-state index contributed by atoms with van der Waals surface area (Å²) in [7, 11) is 0. The Labute approximate surface area is 112 Å². The fraction of sp³-hybridized carbons (Fsp3) is 0. The van der Waals surface area contributed by atoms with Gasteiger partial charge in [-0.1, -0.05) is 46.9 Å². The van der Waals surface area contributed by atoms with E-state index < -0.39 is 0 Å². The van der Waals surface area contributed by atoms with Gasteiger partial charge in [0.05, 0.1) is 10.0 Å². The van der Waals surface area contributed by atoms with E-state index in [1.54, 1.807) is 18.3 Å². The number of benzene rings is 1. The summed E-state index contributed by atoms with van der Waals surface area (Å²) in [5.41, 5.74) is 1.02. The molecule has 0 fully saturated rings. The minimum Gasteiger partial charge on any atom is -0.351 e. The van der Waals surface area contributed by atoms with Crippen LogP contribution in [0.3, 0.4) is 0 Å². The molecule has 0 amide bonds. The highest BCUT2D eigenvalue weighted by Crippen LogP contribution is 2.40. The number of aromatic nitrogens is 1. The second kappa shape index (κ2) is 4.76. The Balaban J connectivity index is 2.67. The number of hydrogen-bond donors (Lipinski definition) is 3. The summed E-state index contributed by atoms with van der Waals surface area (Å²) < 4.78 is 0. The third-order valence-corrected chi connectivity index (χ3v) is 3.34. The number of anilines is 1. The molecule has 0 aliphatic rings. The van der Waals surface area contributed by atoms with Crippen LogP contribution < -0.4 is 5.23 Å². The van der Waals surface area contributed by atoms with Crippen LogP contribution >= 0.6 is 34.8 Å². The van der Waals surface area contributed by atoms with Crippen LogP contribution in [0.25, 0.3) is 11.1 Å². The van der Waals surface area contributed by atoms with Crippen molar-refractivity contribution in [1.82, 2.24) is 4.98 Å². The molecule has 1 aromatic heterocycles. The van der Waals surface area contributed by atoms with E-state index in [1.807, 2.05) is 0 Å². The molecule has 17 heavy (non-hydrogen) atoms. The second-order valence-corrected chi connectivity index (χ2v) is 4.42. The molecular formula is C10H7Cl3N2O2. The van der Waals surface area contributed by atoms with Crippen molar-refractivity contribution in [3.05, 3.63) is 39.6 Å². The third-order valence-electron chi connectivity index (χ3n) is 2.25. The van der Waals surface area contributed by atoms with E-state index in [2.05, 4.69) is 4.98 Å². The van der Waals surface area contributed by atoms with E-state index in [-0.39, 0.29) is 26.1 Å². The van der Waals surface area contributed by atoms with E-state index in [4.69, 9.17) is 45.2 Å². The van der Waals surface area contributed by atoms with Gasteiger partial charge in [-0.15, -0.1) is 5.23 Å². The molecule has 0 unspecified atom stereocenters. The van der Waals surface area contributed by atoms with Gasteiger partial charge in [-0.2, -0.15) is 0 Å². The molecule has 0 spiro atoms. The van der Waals surface area contributed by atoms with Crippen LogP contribution in [0.2, 0.25) is 15.2 Å². The second-order valence-electron chi connectivity index (χ2n) is 3.26. The van der Waals surface area contributed by atoms with Crippen LogP contribution in [0.4, 0.5) is 5.69 Å². The largest absolute Gasteiger partial charge is 0.351 e. The number of halogens is 3. The Kier molecular flexibility index (Phi) is 3.51. The van der Waals surface area contributed by atoms with Gasteiger partial charge in [-0.05, 0) is 6.07 Å². The van der Waals surface area contributed by atoms with Gasteiger partial charge in [0.25, 0.3) is 0 Å². The zero-order valence-electron chi connectivity index (χ0n) is 8.28. The maximum Gasteiger partial charge on any atom is 0.125 e. The maximum absolute atomic E-state index is 9.16. The summed E-state index contributed by atoms with van der Waals surface area (Å²) in [6, 6.07) is 4.84. The number of hydrogen-bond acceptors (Lipinski definition) is 3. The quantitative estimate of drug-likeness (QED) is 0.726. The Bertz CT molecular complexity index is 554. The molecule has 0 radical (unpaired) electrons. The van der Waals surface area contributed by atoms with E-state index in [0.717, 1.165) is 0 Å². The van der Waals surface area contributed by atoms with E-state index in [1.165, 1.54) is 6.07 Å². The van der Waals surface area contributed by atoms with Gasteiger partial charge in [0.15, 0.2) is 0 Å². The molecule has 0 saturated carbocycles. The first-order valence-electron chi connectivity index (χ1n) is 4.51. The smallest absolute Gasteiger partial charge is 0.125 e. The van der Waals surface area contributed by atoms with Gasteiger partial charge in [-0.3, -0.25) is 10.4 Å². The van der Waals surface area contributed by atoms with Gasteiger partial charge in [-0.25, -0.2) is 0 Å². The molecule has 2 aromatic rings. The van der Waals surface area contributed by atoms with Gasteiger partial charge in [0.1, 0.15) is 10.8 Å². The molecule has 2 rings (SSSR count). The van der Waals surface area contributed by atoms with E-state index in [0.29, 0.717) is 11.1 Å². The molecule has 4 nitrogen and oxygen atoms in total. The van der Waals surface area contributed by atoms with Crippen molar-refractivity contribution in [3.8, 4) is 11.1 Å². The van der Waals surface area contributed by atoms with Crippen LogP contribution in [-0.4, -0.2) is 15.4 Å². The fourth-order valence-electron chi connectivity index (χ4n) is 1.51. The van der Waals surface area contributed by atoms with Crippen molar-refractivity contribution in [3.63, 3.8) is 0 Å². The summed E-state index contributed by atoms with van der Waals surface area (Å²) in [6.45, 7) is 0. The van der Waals surface area contributed by atoms with Crippen LogP contribution in [0.15, 0.2) is 24.4 Å². The number of nitrogens with zero attached hydrogens (tertiary/aromatic N) is 1. The normalized spacial score (nSPS) is 10.6. The molecule has 1 aromatic carbocycles. The summed E-state index contributed by atoms with van der Waals surface area (Å²) in [5.74, 6) is 0.